The average Bonchev–Trinajstić information content (AvgIpc) is 3.51. The first-order chi connectivity index (χ1) is 17.5. The number of rotatable bonds is 8. The maximum absolute atomic E-state index is 14.5. The monoisotopic (exact) mass is 493 g/mol. The molecular weight excluding hydrogens is 469 g/mol. The predicted molar refractivity (Wildman–Crippen MR) is 125 cm³/mol. The third kappa shape index (κ3) is 4.40. The van der Waals surface area contributed by atoms with Crippen molar-refractivity contribution in [1.29, 1.82) is 0 Å². The molecule has 5 rings (SSSR count). The lowest BCUT2D eigenvalue weighted by atomic mass is 9.98. The van der Waals surface area contributed by atoms with Gasteiger partial charge in [-0.1, -0.05) is 12.1 Å². The van der Waals surface area contributed by atoms with Gasteiger partial charge in [0, 0.05) is 23.7 Å². The predicted octanol–water partition coefficient (Wildman–Crippen LogP) is 3.50. The standard InChI is InChI=1S/C25H24FN5O5/c1-34-21-7-3-5-16(25(21)35-2)24-17-13-15(26)8-9-18(17)30-11-4-6-19(30)20(36-24)10-12-31-28-22(27-29-31)14-23(32)33/h3-9,11,13,20,24H,10,12,14H2,1-2H3,(H,32,33)/t20-,24-/m1/s1. The van der Waals surface area contributed by atoms with Crippen molar-refractivity contribution in [3.8, 4) is 17.2 Å². The third-order valence-corrected chi connectivity index (χ3v) is 6.05. The maximum Gasteiger partial charge on any atom is 0.311 e. The van der Waals surface area contributed by atoms with Crippen molar-refractivity contribution >= 4 is 5.97 Å². The molecule has 0 saturated carbocycles. The number of hydrogen-bond donors (Lipinski definition) is 1. The van der Waals surface area contributed by atoms with Crippen molar-refractivity contribution in [3.63, 3.8) is 0 Å². The number of nitrogens with zero attached hydrogens (tertiary/aromatic N) is 5. The van der Waals surface area contributed by atoms with Crippen LogP contribution in [0.25, 0.3) is 5.69 Å². The molecule has 2 aromatic heterocycles. The molecule has 36 heavy (non-hydrogen) atoms. The molecule has 1 aliphatic heterocycles. The van der Waals surface area contributed by atoms with Crippen molar-refractivity contribution in [2.75, 3.05) is 14.2 Å². The number of fused-ring (bicyclic) bond motifs is 3. The number of ether oxygens (including phenoxy) is 3. The van der Waals surface area contributed by atoms with Crippen LogP contribution in [0.15, 0.2) is 54.7 Å². The lowest BCUT2D eigenvalue weighted by Gasteiger charge is -2.25. The van der Waals surface area contributed by atoms with E-state index in [1.807, 2.05) is 35.0 Å². The summed E-state index contributed by atoms with van der Waals surface area (Å²) in [7, 11) is 3.11. The van der Waals surface area contributed by atoms with E-state index in [0.29, 0.717) is 35.6 Å². The molecule has 2 atom stereocenters. The van der Waals surface area contributed by atoms with E-state index in [4.69, 9.17) is 19.3 Å². The van der Waals surface area contributed by atoms with Gasteiger partial charge < -0.3 is 23.9 Å². The molecule has 0 spiro atoms. The van der Waals surface area contributed by atoms with Gasteiger partial charge in [-0.05, 0) is 41.6 Å². The van der Waals surface area contributed by atoms with Gasteiger partial charge in [-0.15, -0.1) is 10.2 Å². The summed E-state index contributed by atoms with van der Waals surface area (Å²) in [5, 5.41) is 20.9. The second-order valence-corrected chi connectivity index (χ2v) is 8.25. The fraction of sp³-hybridized carbons (Fsp3) is 0.280. The molecule has 0 amide bonds. The van der Waals surface area contributed by atoms with Crippen LogP contribution in [0.3, 0.4) is 0 Å². The summed E-state index contributed by atoms with van der Waals surface area (Å²) in [6, 6.07) is 14.0. The second kappa shape index (κ2) is 9.78. The van der Waals surface area contributed by atoms with Crippen molar-refractivity contribution in [3.05, 3.63) is 83.2 Å². The molecule has 0 fully saturated rings. The lowest BCUT2D eigenvalue weighted by molar-refractivity contribution is -0.136. The minimum atomic E-state index is -1.03. The number of halogens is 1. The van der Waals surface area contributed by atoms with Gasteiger partial charge in [0.1, 0.15) is 24.4 Å². The molecule has 0 saturated heterocycles. The third-order valence-electron chi connectivity index (χ3n) is 6.05. The number of tetrazole rings is 1. The molecule has 1 N–H and O–H groups in total. The molecule has 1 aliphatic rings. The van der Waals surface area contributed by atoms with Crippen LogP contribution in [-0.4, -0.2) is 50.1 Å². The fourth-order valence-corrected chi connectivity index (χ4v) is 4.52. The highest BCUT2D eigenvalue weighted by atomic mass is 19.1. The zero-order valence-corrected chi connectivity index (χ0v) is 19.7. The van der Waals surface area contributed by atoms with Crippen LogP contribution < -0.4 is 9.47 Å². The van der Waals surface area contributed by atoms with Crippen molar-refractivity contribution in [1.82, 2.24) is 24.8 Å². The molecule has 3 heterocycles. The number of aliphatic carboxylic acids is 1. The molecule has 0 radical (unpaired) electrons. The quantitative estimate of drug-likeness (QED) is 0.397. The Morgan fingerprint density at radius 1 is 1.14 bits per heavy atom. The van der Waals surface area contributed by atoms with E-state index >= 15 is 0 Å². The minimum Gasteiger partial charge on any atom is -0.493 e. The first kappa shape index (κ1) is 23.5. The Balaban J connectivity index is 1.55. The molecule has 0 bridgehead atoms. The van der Waals surface area contributed by atoms with Crippen LogP contribution >= 0.6 is 0 Å². The fourth-order valence-electron chi connectivity index (χ4n) is 4.52. The van der Waals surface area contributed by atoms with Crippen LogP contribution in [0.1, 0.15) is 41.3 Å². The molecular formula is C25H24FN5O5. The van der Waals surface area contributed by atoms with Gasteiger partial charge >= 0.3 is 5.97 Å². The molecule has 0 aliphatic carbocycles. The molecule has 0 unspecified atom stereocenters. The summed E-state index contributed by atoms with van der Waals surface area (Å²) in [6.45, 7) is 0.329. The lowest BCUT2D eigenvalue weighted by Crippen LogP contribution is -2.15. The molecule has 10 nitrogen and oxygen atoms in total. The van der Waals surface area contributed by atoms with Gasteiger partial charge in [0.05, 0.1) is 32.1 Å². The summed E-state index contributed by atoms with van der Waals surface area (Å²) >= 11 is 0. The van der Waals surface area contributed by atoms with E-state index in [0.717, 1.165) is 11.4 Å². The van der Waals surface area contributed by atoms with E-state index in [-0.39, 0.29) is 18.1 Å². The van der Waals surface area contributed by atoms with Crippen LogP contribution in [0.4, 0.5) is 4.39 Å². The highest BCUT2D eigenvalue weighted by molar-refractivity contribution is 5.68. The van der Waals surface area contributed by atoms with E-state index in [1.54, 1.807) is 26.4 Å². The smallest absolute Gasteiger partial charge is 0.311 e. The average molecular weight is 493 g/mol. The summed E-state index contributed by atoms with van der Waals surface area (Å²) < 4.78 is 34.4. The van der Waals surface area contributed by atoms with Gasteiger partial charge in [-0.3, -0.25) is 4.79 Å². The van der Waals surface area contributed by atoms with Crippen LogP contribution in [0, 0.1) is 5.82 Å². The minimum absolute atomic E-state index is 0.134. The number of aromatic nitrogens is 5. The zero-order valence-electron chi connectivity index (χ0n) is 19.7. The summed E-state index contributed by atoms with van der Waals surface area (Å²) in [6.07, 6.45) is 0.946. The maximum atomic E-state index is 14.5. The van der Waals surface area contributed by atoms with Crippen molar-refractivity contribution < 1.29 is 28.5 Å². The van der Waals surface area contributed by atoms with Crippen molar-refractivity contribution in [2.45, 2.75) is 31.6 Å². The van der Waals surface area contributed by atoms with Crippen LogP contribution in [0.2, 0.25) is 0 Å². The van der Waals surface area contributed by atoms with Gasteiger partial charge in [0.2, 0.25) is 0 Å². The summed E-state index contributed by atoms with van der Waals surface area (Å²) in [4.78, 5) is 12.3. The Labute approximate surface area is 205 Å². The van der Waals surface area contributed by atoms with E-state index in [2.05, 4.69) is 15.4 Å². The van der Waals surface area contributed by atoms with Crippen molar-refractivity contribution in [2.24, 2.45) is 0 Å². The number of aryl methyl sites for hydroxylation is 1. The van der Waals surface area contributed by atoms with Gasteiger partial charge in [0.25, 0.3) is 0 Å². The van der Waals surface area contributed by atoms with Gasteiger partial charge in [-0.2, -0.15) is 4.80 Å². The van der Waals surface area contributed by atoms with Gasteiger partial charge in [0.15, 0.2) is 17.3 Å². The number of methoxy groups -OCH3 is 2. The Hall–Kier alpha value is -4.25. The van der Waals surface area contributed by atoms with Gasteiger partial charge in [-0.25, -0.2) is 4.39 Å². The van der Waals surface area contributed by atoms with E-state index in [1.165, 1.54) is 16.9 Å². The SMILES string of the molecule is COc1cccc([C@H]2O[C@H](CCn3nnc(CC(=O)O)n3)c3cccn3-c3ccc(F)cc32)c1OC. The molecule has 11 heteroatoms. The molecule has 4 aromatic rings. The first-order valence-corrected chi connectivity index (χ1v) is 11.3. The number of carboxylic acids is 1. The topological polar surface area (TPSA) is 114 Å². The van der Waals surface area contributed by atoms with E-state index in [9.17, 15) is 9.18 Å². The Kier molecular flexibility index (Phi) is 6.38. The Bertz CT molecular complexity index is 1400. The Morgan fingerprint density at radius 3 is 2.78 bits per heavy atom. The van der Waals surface area contributed by atoms with E-state index < -0.39 is 18.2 Å². The summed E-state index contributed by atoms with van der Waals surface area (Å²) in [5.74, 6) is -0.236. The first-order valence-electron chi connectivity index (χ1n) is 11.3. The summed E-state index contributed by atoms with van der Waals surface area (Å²) in [5.41, 5.74) is 3.00. The molecule has 186 valence electrons. The largest absolute Gasteiger partial charge is 0.493 e. The molecule has 2 aromatic carbocycles. The number of benzene rings is 2. The van der Waals surface area contributed by atoms with Crippen LogP contribution in [0.5, 0.6) is 11.5 Å². The Morgan fingerprint density at radius 2 is 2.00 bits per heavy atom. The number of para-hydroxylation sites is 1. The normalized spacial score (nSPS) is 16.6. The second-order valence-electron chi connectivity index (χ2n) is 8.25. The number of carboxylic acid groups (broad SMARTS) is 1. The zero-order chi connectivity index (χ0) is 25.2. The highest BCUT2D eigenvalue weighted by Crippen LogP contribution is 2.46. The highest BCUT2D eigenvalue weighted by Gasteiger charge is 2.33. The number of carbonyl (C=O) groups is 1. The van der Waals surface area contributed by atoms with Crippen LogP contribution in [-0.2, 0) is 22.5 Å². The number of hydrogen-bond acceptors (Lipinski definition) is 7.